The van der Waals surface area contributed by atoms with Crippen molar-refractivity contribution in [3.05, 3.63) is 54.1 Å². The molecule has 0 N–H and O–H groups in total. The van der Waals surface area contributed by atoms with Crippen LogP contribution in [0.25, 0.3) is 0 Å². The van der Waals surface area contributed by atoms with Crippen molar-refractivity contribution >= 4 is 11.4 Å². The van der Waals surface area contributed by atoms with E-state index < -0.39 is 0 Å². The standard InChI is InChI=1S/C27H35N3O3/c1-31-22-11-7-20(8-12-22)27-24-5-3-4-6-26(24)33-28-25(27)19-29-15-17-30(18-16-29)21-9-13-23(32-2)14-10-21/h7-14,24,26-27H,3-6,15-19H2,1-2H3/t24-,26+,27+/m0/s1. The Morgan fingerprint density at radius 3 is 2.15 bits per heavy atom. The largest absolute Gasteiger partial charge is 0.497 e. The highest BCUT2D eigenvalue weighted by Crippen LogP contribution is 2.42. The molecule has 0 aromatic heterocycles. The highest BCUT2D eigenvalue weighted by atomic mass is 16.6. The van der Waals surface area contributed by atoms with Crippen LogP contribution in [0.2, 0.25) is 0 Å². The number of oxime groups is 1. The van der Waals surface area contributed by atoms with Crippen LogP contribution >= 0.6 is 0 Å². The van der Waals surface area contributed by atoms with Crippen LogP contribution in [0.1, 0.15) is 37.2 Å². The number of hydrogen-bond acceptors (Lipinski definition) is 6. The van der Waals surface area contributed by atoms with Crippen molar-refractivity contribution in [2.24, 2.45) is 11.1 Å². The number of rotatable bonds is 6. The van der Waals surface area contributed by atoms with E-state index in [0.717, 1.165) is 50.6 Å². The fraction of sp³-hybridized carbons (Fsp3) is 0.519. The maximum atomic E-state index is 6.06. The third-order valence-corrected chi connectivity index (χ3v) is 7.52. The summed E-state index contributed by atoms with van der Waals surface area (Å²) in [5.41, 5.74) is 3.78. The highest BCUT2D eigenvalue weighted by Gasteiger charge is 2.41. The first kappa shape index (κ1) is 22.1. The van der Waals surface area contributed by atoms with E-state index in [-0.39, 0.29) is 6.10 Å². The van der Waals surface area contributed by atoms with Gasteiger partial charge in [-0.05, 0) is 61.2 Å². The molecule has 3 aliphatic rings. The zero-order chi connectivity index (χ0) is 22.6. The monoisotopic (exact) mass is 449 g/mol. The minimum absolute atomic E-state index is 0.251. The van der Waals surface area contributed by atoms with Crippen LogP contribution in [-0.2, 0) is 4.84 Å². The summed E-state index contributed by atoms with van der Waals surface area (Å²) >= 11 is 0. The van der Waals surface area contributed by atoms with E-state index in [4.69, 9.17) is 19.5 Å². The molecule has 0 spiro atoms. The predicted octanol–water partition coefficient (Wildman–Crippen LogP) is 4.55. The van der Waals surface area contributed by atoms with Gasteiger partial charge in [-0.25, -0.2) is 0 Å². The van der Waals surface area contributed by atoms with Gasteiger partial charge in [0.15, 0.2) is 0 Å². The quantitative estimate of drug-likeness (QED) is 0.647. The van der Waals surface area contributed by atoms with Gasteiger partial charge >= 0.3 is 0 Å². The second-order valence-electron chi connectivity index (χ2n) is 9.39. The zero-order valence-electron chi connectivity index (χ0n) is 19.8. The van der Waals surface area contributed by atoms with Crippen LogP contribution in [0.4, 0.5) is 5.69 Å². The Morgan fingerprint density at radius 2 is 1.48 bits per heavy atom. The molecule has 2 aromatic carbocycles. The predicted molar refractivity (Wildman–Crippen MR) is 132 cm³/mol. The molecule has 1 aliphatic carbocycles. The first-order valence-electron chi connectivity index (χ1n) is 12.2. The molecule has 6 heteroatoms. The van der Waals surface area contributed by atoms with E-state index in [1.165, 1.54) is 36.2 Å². The number of methoxy groups -OCH3 is 2. The molecule has 0 radical (unpaired) electrons. The van der Waals surface area contributed by atoms with Crippen molar-refractivity contribution in [3.63, 3.8) is 0 Å². The Bertz CT molecular complexity index is 936. The fourth-order valence-corrected chi connectivity index (χ4v) is 5.64. The summed E-state index contributed by atoms with van der Waals surface area (Å²) in [4.78, 5) is 11.0. The van der Waals surface area contributed by atoms with Gasteiger partial charge in [-0.2, -0.15) is 0 Å². The molecular formula is C27H35N3O3. The van der Waals surface area contributed by atoms with E-state index in [0.29, 0.717) is 11.8 Å². The Morgan fingerprint density at radius 1 is 0.848 bits per heavy atom. The van der Waals surface area contributed by atoms with Gasteiger partial charge < -0.3 is 19.2 Å². The zero-order valence-corrected chi connectivity index (χ0v) is 19.8. The minimum atomic E-state index is 0.251. The molecular weight excluding hydrogens is 414 g/mol. The van der Waals surface area contributed by atoms with Gasteiger partial charge in [0, 0.05) is 50.2 Å². The summed E-state index contributed by atoms with van der Waals surface area (Å²) in [6.07, 6.45) is 5.11. The van der Waals surface area contributed by atoms with Crippen molar-refractivity contribution in [1.82, 2.24) is 4.90 Å². The Kier molecular flexibility index (Phi) is 6.72. The topological polar surface area (TPSA) is 46.5 Å². The maximum absolute atomic E-state index is 6.06. The summed E-state index contributed by atoms with van der Waals surface area (Å²) in [7, 11) is 3.43. The molecule has 176 valence electrons. The average Bonchev–Trinajstić information content (AvgIpc) is 2.89. The lowest BCUT2D eigenvalue weighted by molar-refractivity contribution is -0.0259. The van der Waals surface area contributed by atoms with E-state index in [9.17, 15) is 0 Å². The van der Waals surface area contributed by atoms with E-state index >= 15 is 0 Å². The van der Waals surface area contributed by atoms with Gasteiger partial charge in [-0.15, -0.1) is 0 Å². The van der Waals surface area contributed by atoms with Gasteiger partial charge in [0.2, 0.25) is 0 Å². The van der Waals surface area contributed by atoms with Crippen molar-refractivity contribution < 1.29 is 14.3 Å². The van der Waals surface area contributed by atoms with Crippen molar-refractivity contribution in [1.29, 1.82) is 0 Å². The maximum Gasteiger partial charge on any atom is 0.131 e. The minimum Gasteiger partial charge on any atom is -0.497 e. The molecule has 0 bridgehead atoms. The van der Waals surface area contributed by atoms with Crippen LogP contribution in [0.3, 0.4) is 0 Å². The number of hydrogen-bond donors (Lipinski definition) is 0. The summed E-state index contributed by atoms with van der Waals surface area (Å²) in [5, 5.41) is 4.72. The molecule has 2 aliphatic heterocycles. The van der Waals surface area contributed by atoms with E-state index in [2.05, 4.69) is 46.2 Å². The summed E-state index contributed by atoms with van der Waals surface area (Å²) < 4.78 is 10.7. The second-order valence-corrected chi connectivity index (χ2v) is 9.39. The van der Waals surface area contributed by atoms with E-state index in [1.807, 2.05) is 12.1 Å². The van der Waals surface area contributed by atoms with Crippen LogP contribution in [0.15, 0.2) is 53.7 Å². The number of piperazine rings is 1. The van der Waals surface area contributed by atoms with Gasteiger partial charge in [-0.1, -0.05) is 23.7 Å². The lowest BCUT2D eigenvalue weighted by Crippen LogP contribution is -2.50. The molecule has 5 rings (SSSR count). The normalized spacial score (nSPS) is 25.6. The Hall–Kier alpha value is -2.73. The lowest BCUT2D eigenvalue weighted by atomic mass is 9.72. The van der Waals surface area contributed by atoms with Gasteiger partial charge in [0.05, 0.1) is 19.9 Å². The van der Waals surface area contributed by atoms with Crippen LogP contribution in [-0.4, -0.2) is 63.7 Å². The SMILES string of the molecule is COc1ccc([C@H]2C(CN3CCN(c4ccc(OC)cc4)CC3)=NO[C@@H]3CCCC[C@H]23)cc1. The van der Waals surface area contributed by atoms with Crippen LogP contribution < -0.4 is 14.4 Å². The molecule has 2 aromatic rings. The number of benzene rings is 2. The summed E-state index contributed by atoms with van der Waals surface area (Å²) in [6.45, 7) is 4.94. The first-order chi connectivity index (χ1) is 16.2. The number of anilines is 1. The smallest absolute Gasteiger partial charge is 0.131 e. The molecule has 1 saturated carbocycles. The third kappa shape index (κ3) is 4.81. The van der Waals surface area contributed by atoms with Crippen LogP contribution in [0, 0.1) is 5.92 Å². The Balaban J connectivity index is 1.28. The molecule has 2 fully saturated rings. The highest BCUT2D eigenvalue weighted by molar-refractivity contribution is 5.93. The molecule has 0 amide bonds. The summed E-state index contributed by atoms with van der Waals surface area (Å²) in [6, 6.07) is 17.0. The van der Waals surface area contributed by atoms with Crippen LogP contribution in [0.5, 0.6) is 11.5 Å². The molecule has 2 heterocycles. The molecule has 33 heavy (non-hydrogen) atoms. The molecule has 0 unspecified atom stereocenters. The molecule has 1 saturated heterocycles. The van der Waals surface area contributed by atoms with Crippen molar-refractivity contribution in [3.8, 4) is 11.5 Å². The van der Waals surface area contributed by atoms with Gasteiger partial charge in [-0.3, -0.25) is 4.90 Å². The lowest BCUT2D eigenvalue weighted by Gasteiger charge is -2.42. The molecule has 6 nitrogen and oxygen atoms in total. The number of ether oxygens (including phenoxy) is 2. The van der Waals surface area contributed by atoms with E-state index in [1.54, 1.807) is 14.2 Å². The van der Waals surface area contributed by atoms with Crippen molar-refractivity contribution in [2.45, 2.75) is 37.7 Å². The average molecular weight is 450 g/mol. The van der Waals surface area contributed by atoms with Gasteiger partial charge in [0.25, 0.3) is 0 Å². The third-order valence-electron chi connectivity index (χ3n) is 7.52. The Labute approximate surface area is 197 Å². The number of fused-ring (bicyclic) bond motifs is 1. The van der Waals surface area contributed by atoms with Gasteiger partial charge in [0.1, 0.15) is 17.6 Å². The summed E-state index contributed by atoms with van der Waals surface area (Å²) in [5.74, 6) is 2.65. The molecule has 3 atom stereocenters. The fourth-order valence-electron chi connectivity index (χ4n) is 5.64. The second kappa shape index (κ2) is 10.0. The number of nitrogens with zero attached hydrogens (tertiary/aromatic N) is 3. The van der Waals surface area contributed by atoms with Crippen molar-refractivity contribution in [2.75, 3.05) is 51.8 Å². The first-order valence-corrected chi connectivity index (χ1v) is 12.2.